The van der Waals surface area contributed by atoms with Gasteiger partial charge in [-0.05, 0) is 17.9 Å². The largest absolute Gasteiger partial charge is 0.311 e. The summed E-state index contributed by atoms with van der Waals surface area (Å²) in [5.74, 6) is -1.08. The summed E-state index contributed by atoms with van der Waals surface area (Å²) in [5.41, 5.74) is 0.630. The molecule has 1 rings (SSSR count). The van der Waals surface area contributed by atoms with Gasteiger partial charge in [0.25, 0.3) is 0 Å². The standard InChI is InChI=1S/C14H20ClF2N/c1-14(2,3)7-11(15)9-18-8-10-4-5-12(16)6-13(10)17/h4-6,11,18H,7-9H2,1-3H3. The maximum Gasteiger partial charge on any atom is 0.130 e. The van der Waals surface area contributed by atoms with Crippen LogP contribution in [0.5, 0.6) is 0 Å². The van der Waals surface area contributed by atoms with Crippen LogP contribution in [0.3, 0.4) is 0 Å². The molecule has 0 spiro atoms. The lowest BCUT2D eigenvalue weighted by Crippen LogP contribution is -2.26. The Morgan fingerprint density at radius 2 is 1.94 bits per heavy atom. The molecule has 0 aromatic heterocycles. The van der Waals surface area contributed by atoms with Crippen LogP contribution in [-0.2, 0) is 6.54 Å². The Balaban J connectivity index is 2.37. The predicted molar refractivity (Wildman–Crippen MR) is 71.8 cm³/mol. The molecule has 1 aromatic rings. The number of benzene rings is 1. The topological polar surface area (TPSA) is 12.0 Å². The van der Waals surface area contributed by atoms with Crippen molar-refractivity contribution in [2.24, 2.45) is 5.41 Å². The zero-order chi connectivity index (χ0) is 13.8. The van der Waals surface area contributed by atoms with Crippen molar-refractivity contribution in [1.29, 1.82) is 0 Å². The van der Waals surface area contributed by atoms with Gasteiger partial charge in [-0.2, -0.15) is 0 Å². The van der Waals surface area contributed by atoms with Gasteiger partial charge >= 0.3 is 0 Å². The third kappa shape index (κ3) is 5.78. The van der Waals surface area contributed by atoms with Crippen molar-refractivity contribution in [3.63, 3.8) is 0 Å². The van der Waals surface area contributed by atoms with E-state index in [4.69, 9.17) is 11.6 Å². The SMILES string of the molecule is CC(C)(C)CC(Cl)CNCc1ccc(F)cc1F. The molecule has 0 aliphatic carbocycles. The van der Waals surface area contributed by atoms with Gasteiger partial charge in [0.15, 0.2) is 0 Å². The molecule has 1 unspecified atom stereocenters. The van der Waals surface area contributed by atoms with E-state index in [0.29, 0.717) is 18.7 Å². The molecule has 0 heterocycles. The minimum absolute atomic E-state index is 0.00788. The molecule has 0 fully saturated rings. The maximum absolute atomic E-state index is 13.3. The van der Waals surface area contributed by atoms with E-state index < -0.39 is 11.6 Å². The molecular weight excluding hydrogens is 256 g/mol. The first kappa shape index (κ1) is 15.4. The molecule has 18 heavy (non-hydrogen) atoms. The lowest BCUT2D eigenvalue weighted by atomic mass is 9.90. The molecule has 0 amide bonds. The molecule has 4 heteroatoms. The second-order valence-corrected chi connectivity index (χ2v) is 6.35. The van der Waals surface area contributed by atoms with Crippen LogP contribution in [0.4, 0.5) is 8.78 Å². The third-order valence-electron chi connectivity index (χ3n) is 2.53. The summed E-state index contributed by atoms with van der Waals surface area (Å²) in [4.78, 5) is 0. The van der Waals surface area contributed by atoms with Gasteiger partial charge in [0.2, 0.25) is 0 Å². The van der Waals surface area contributed by atoms with E-state index >= 15 is 0 Å². The number of nitrogens with one attached hydrogen (secondary N) is 1. The fraction of sp³-hybridized carbons (Fsp3) is 0.571. The Bertz CT molecular complexity index is 388. The van der Waals surface area contributed by atoms with Gasteiger partial charge < -0.3 is 5.32 Å². The van der Waals surface area contributed by atoms with E-state index in [1.165, 1.54) is 12.1 Å². The Morgan fingerprint density at radius 3 is 2.50 bits per heavy atom. The van der Waals surface area contributed by atoms with Gasteiger partial charge in [-0.25, -0.2) is 8.78 Å². The van der Waals surface area contributed by atoms with Crippen LogP contribution in [0, 0.1) is 17.0 Å². The van der Waals surface area contributed by atoms with Crippen LogP contribution in [0.25, 0.3) is 0 Å². The summed E-state index contributed by atoms with van der Waals surface area (Å²) in [7, 11) is 0. The minimum Gasteiger partial charge on any atom is -0.311 e. The Morgan fingerprint density at radius 1 is 1.28 bits per heavy atom. The van der Waals surface area contributed by atoms with Crippen molar-refractivity contribution >= 4 is 11.6 Å². The van der Waals surface area contributed by atoms with Crippen molar-refractivity contribution in [2.45, 2.75) is 39.1 Å². The molecular formula is C14H20ClF2N. The second-order valence-electron chi connectivity index (χ2n) is 5.73. The fourth-order valence-corrected chi connectivity index (χ4v) is 2.34. The summed E-state index contributed by atoms with van der Waals surface area (Å²) < 4.78 is 26.0. The normalized spacial score (nSPS) is 13.7. The first-order valence-electron chi connectivity index (χ1n) is 6.06. The average molecular weight is 276 g/mol. The van der Waals surface area contributed by atoms with Gasteiger partial charge in [-0.1, -0.05) is 26.8 Å². The quantitative estimate of drug-likeness (QED) is 0.798. The van der Waals surface area contributed by atoms with Crippen molar-refractivity contribution in [3.05, 3.63) is 35.4 Å². The van der Waals surface area contributed by atoms with E-state index in [-0.39, 0.29) is 10.8 Å². The number of alkyl halides is 1. The maximum atomic E-state index is 13.3. The molecule has 1 N–H and O–H groups in total. The molecule has 0 bridgehead atoms. The Hall–Kier alpha value is -0.670. The highest BCUT2D eigenvalue weighted by Gasteiger charge is 2.16. The van der Waals surface area contributed by atoms with Gasteiger partial charge in [0.1, 0.15) is 11.6 Å². The fourth-order valence-electron chi connectivity index (χ4n) is 1.77. The van der Waals surface area contributed by atoms with Crippen LogP contribution in [-0.4, -0.2) is 11.9 Å². The molecule has 102 valence electrons. The van der Waals surface area contributed by atoms with E-state index in [9.17, 15) is 8.78 Å². The molecule has 0 saturated carbocycles. The van der Waals surface area contributed by atoms with Gasteiger partial charge in [0.05, 0.1) is 0 Å². The lowest BCUT2D eigenvalue weighted by Gasteiger charge is -2.22. The van der Waals surface area contributed by atoms with Gasteiger partial charge in [-0.3, -0.25) is 0 Å². The average Bonchev–Trinajstić information content (AvgIpc) is 2.18. The Kier molecular flexibility index (Phi) is 5.54. The predicted octanol–water partition coefficient (Wildman–Crippen LogP) is 4.10. The first-order valence-corrected chi connectivity index (χ1v) is 6.50. The number of rotatable bonds is 5. The van der Waals surface area contributed by atoms with E-state index in [2.05, 4.69) is 26.1 Å². The highest BCUT2D eigenvalue weighted by molar-refractivity contribution is 6.20. The van der Waals surface area contributed by atoms with Crippen LogP contribution < -0.4 is 5.32 Å². The summed E-state index contributed by atoms with van der Waals surface area (Å²) >= 11 is 6.18. The highest BCUT2D eigenvalue weighted by atomic mass is 35.5. The monoisotopic (exact) mass is 275 g/mol. The first-order chi connectivity index (χ1) is 8.28. The highest BCUT2D eigenvalue weighted by Crippen LogP contribution is 2.23. The number of halogens is 3. The molecule has 1 nitrogen and oxygen atoms in total. The third-order valence-corrected chi connectivity index (χ3v) is 2.84. The molecule has 1 atom stereocenters. The summed E-state index contributed by atoms with van der Waals surface area (Å²) in [5, 5.41) is 3.10. The minimum atomic E-state index is -0.556. The van der Waals surface area contributed by atoms with E-state index in [1.54, 1.807) is 0 Å². The zero-order valence-corrected chi connectivity index (χ0v) is 11.8. The van der Waals surface area contributed by atoms with Crippen LogP contribution >= 0.6 is 11.6 Å². The molecule has 0 aliphatic heterocycles. The van der Waals surface area contributed by atoms with Crippen molar-refractivity contribution in [1.82, 2.24) is 5.32 Å². The second kappa shape index (κ2) is 6.48. The van der Waals surface area contributed by atoms with Crippen LogP contribution in [0.2, 0.25) is 0 Å². The molecule has 0 radical (unpaired) electrons. The van der Waals surface area contributed by atoms with Crippen LogP contribution in [0.15, 0.2) is 18.2 Å². The molecule has 1 aromatic carbocycles. The number of hydrogen-bond donors (Lipinski definition) is 1. The van der Waals surface area contributed by atoms with Crippen molar-refractivity contribution in [3.8, 4) is 0 Å². The van der Waals surface area contributed by atoms with Crippen molar-refractivity contribution < 1.29 is 8.78 Å². The van der Waals surface area contributed by atoms with Crippen LogP contribution in [0.1, 0.15) is 32.8 Å². The van der Waals surface area contributed by atoms with Gasteiger partial charge in [-0.15, -0.1) is 11.6 Å². The van der Waals surface area contributed by atoms with E-state index in [1.807, 2.05) is 0 Å². The Labute approximate surface area is 113 Å². The number of hydrogen-bond acceptors (Lipinski definition) is 1. The summed E-state index contributed by atoms with van der Waals surface area (Å²) in [6, 6.07) is 3.60. The van der Waals surface area contributed by atoms with Gasteiger partial charge in [0, 0.05) is 30.1 Å². The molecule has 0 saturated heterocycles. The smallest absolute Gasteiger partial charge is 0.130 e. The zero-order valence-electron chi connectivity index (χ0n) is 11.1. The van der Waals surface area contributed by atoms with Crippen molar-refractivity contribution in [2.75, 3.05) is 6.54 Å². The lowest BCUT2D eigenvalue weighted by molar-refractivity contribution is 0.364. The van der Waals surface area contributed by atoms with E-state index in [0.717, 1.165) is 12.5 Å². The summed E-state index contributed by atoms with van der Waals surface area (Å²) in [6.07, 6.45) is 0.882. The molecule has 0 aliphatic rings. The summed E-state index contributed by atoms with van der Waals surface area (Å²) in [6.45, 7) is 7.35.